The Bertz CT molecular complexity index is 1180. The molecule has 4 heterocycles. The molecule has 3 aliphatic rings. The van der Waals surface area contributed by atoms with Crippen molar-refractivity contribution in [3.8, 4) is 0 Å². The number of aryl methyl sites for hydroxylation is 1. The molecule has 31 heavy (non-hydrogen) atoms. The van der Waals surface area contributed by atoms with Crippen molar-refractivity contribution in [3.63, 3.8) is 0 Å². The van der Waals surface area contributed by atoms with Gasteiger partial charge in [0.05, 0.1) is 19.6 Å². The van der Waals surface area contributed by atoms with Crippen LogP contribution < -0.4 is 10.5 Å². The van der Waals surface area contributed by atoms with E-state index in [0.717, 1.165) is 32.6 Å². The summed E-state index contributed by atoms with van der Waals surface area (Å²) in [6.45, 7) is 4.37. The fourth-order valence-electron chi connectivity index (χ4n) is 6.69. The van der Waals surface area contributed by atoms with Gasteiger partial charge in [0.1, 0.15) is 12.6 Å². The molecular formula is C26H32N3O2+. The molecule has 5 heteroatoms. The monoisotopic (exact) mass is 418 g/mol. The molecule has 2 N–H and O–H groups in total. The summed E-state index contributed by atoms with van der Waals surface area (Å²) >= 11 is 0. The summed E-state index contributed by atoms with van der Waals surface area (Å²) in [5, 5.41) is 12.5. The number of aliphatic hydroxyl groups excluding tert-OH is 1. The number of aromatic nitrogens is 2. The lowest BCUT2D eigenvalue weighted by atomic mass is 9.83. The topological polar surface area (TPSA) is 51.6 Å². The second kappa shape index (κ2) is 7.64. The van der Waals surface area contributed by atoms with Crippen LogP contribution in [0, 0.1) is 5.92 Å². The third-order valence-electron chi connectivity index (χ3n) is 7.87. The molecule has 1 aromatic carbocycles. The number of piperidine rings is 1. The molecule has 0 amide bonds. The number of rotatable bonds is 4. The normalized spacial score (nSPS) is 25.8. The summed E-state index contributed by atoms with van der Waals surface area (Å²) in [4.78, 5) is 13.8. The molecule has 0 radical (unpaired) electrons. The largest absolute Gasteiger partial charge is 0.385 e. The van der Waals surface area contributed by atoms with E-state index >= 15 is 0 Å². The van der Waals surface area contributed by atoms with Gasteiger partial charge in [0.15, 0.2) is 0 Å². The maximum atomic E-state index is 12.3. The Balaban J connectivity index is 1.21. The maximum absolute atomic E-state index is 12.3. The van der Waals surface area contributed by atoms with Crippen molar-refractivity contribution < 1.29 is 10.0 Å². The highest BCUT2D eigenvalue weighted by Gasteiger charge is 2.37. The van der Waals surface area contributed by atoms with E-state index in [1.54, 1.807) is 6.07 Å². The molecule has 162 valence electrons. The molecule has 4 atom stereocenters. The molecule has 0 spiro atoms. The highest BCUT2D eigenvalue weighted by atomic mass is 16.3. The number of pyridine rings is 1. The summed E-state index contributed by atoms with van der Waals surface area (Å²) in [7, 11) is 0. The quantitative estimate of drug-likeness (QED) is 0.678. The summed E-state index contributed by atoms with van der Waals surface area (Å²) in [5.41, 5.74) is 5.58. The van der Waals surface area contributed by atoms with Gasteiger partial charge in [-0.05, 0) is 49.8 Å². The zero-order chi connectivity index (χ0) is 20.9. The van der Waals surface area contributed by atoms with E-state index in [2.05, 4.69) is 34.9 Å². The molecule has 1 fully saturated rings. The van der Waals surface area contributed by atoms with Crippen LogP contribution in [-0.4, -0.2) is 40.0 Å². The number of para-hydroxylation sites is 1. The zero-order valence-electron chi connectivity index (χ0n) is 18.1. The first-order valence-electron chi connectivity index (χ1n) is 12.0. The van der Waals surface area contributed by atoms with Crippen LogP contribution in [0.15, 0.2) is 47.3 Å². The SMILES string of the molecule is O=c1cccc2n1C[C@@H]1C[C@H]2C[NH+](CC(O)Cn2c3c(c4ccccc42)CCCC3)C1. The minimum absolute atomic E-state index is 0.139. The standard InChI is InChI=1S/C26H31N3O2/c30-20(17-28-24-8-3-1-6-21(24)22-7-2-4-9-25(22)28)16-27-13-18-12-19(15-27)23-10-5-11-26(31)29(23)14-18/h1,3,5-6,8,10-11,18-20,30H,2,4,7,9,12-17H2/p+1/t18-,19+,20?/m1/s1. The number of nitrogens with one attached hydrogen (secondary N) is 1. The molecule has 6 rings (SSSR count). The van der Waals surface area contributed by atoms with Crippen LogP contribution >= 0.6 is 0 Å². The van der Waals surface area contributed by atoms with Gasteiger partial charge in [-0.25, -0.2) is 0 Å². The third kappa shape index (κ3) is 3.35. The number of aliphatic hydroxyl groups is 1. The van der Waals surface area contributed by atoms with Crippen LogP contribution in [-0.2, 0) is 25.9 Å². The van der Waals surface area contributed by atoms with Crippen LogP contribution in [0.5, 0.6) is 0 Å². The molecule has 2 bridgehead atoms. The van der Waals surface area contributed by atoms with Gasteiger partial charge in [-0.3, -0.25) is 4.79 Å². The average molecular weight is 419 g/mol. The Kier molecular flexibility index (Phi) is 4.77. The first-order chi connectivity index (χ1) is 15.2. The van der Waals surface area contributed by atoms with Crippen LogP contribution in [0.25, 0.3) is 10.9 Å². The minimum Gasteiger partial charge on any atom is -0.385 e. The number of likely N-dealkylation sites (tertiary alicyclic amines) is 1. The van der Waals surface area contributed by atoms with Crippen molar-refractivity contribution in [1.82, 2.24) is 9.13 Å². The third-order valence-corrected chi connectivity index (χ3v) is 7.87. The lowest BCUT2D eigenvalue weighted by Crippen LogP contribution is -3.15. The Morgan fingerprint density at radius 1 is 1.06 bits per heavy atom. The summed E-state index contributed by atoms with van der Waals surface area (Å²) in [5.74, 6) is 0.970. The number of hydrogen-bond acceptors (Lipinski definition) is 2. The van der Waals surface area contributed by atoms with Gasteiger partial charge in [-0.1, -0.05) is 24.3 Å². The van der Waals surface area contributed by atoms with Crippen molar-refractivity contribution in [2.45, 2.75) is 57.2 Å². The van der Waals surface area contributed by atoms with E-state index in [1.807, 2.05) is 10.6 Å². The second-order valence-electron chi connectivity index (χ2n) is 9.97. The molecular weight excluding hydrogens is 386 g/mol. The first kappa shape index (κ1) is 19.3. The summed E-state index contributed by atoms with van der Waals surface area (Å²) < 4.78 is 4.40. The van der Waals surface area contributed by atoms with Gasteiger partial charge in [0, 0.05) is 46.7 Å². The number of quaternary nitrogens is 1. The molecule has 2 aliphatic heterocycles. The lowest BCUT2D eigenvalue weighted by Gasteiger charge is -2.40. The predicted octanol–water partition coefficient (Wildman–Crippen LogP) is 1.74. The van der Waals surface area contributed by atoms with E-state index in [0.29, 0.717) is 18.4 Å². The highest BCUT2D eigenvalue weighted by molar-refractivity contribution is 5.85. The lowest BCUT2D eigenvalue weighted by molar-refractivity contribution is -0.914. The Morgan fingerprint density at radius 2 is 1.94 bits per heavy atom. The van der Waals surface area contributed by atoms with E-state index in [1.165, 1.54) is 58.4 Å². The Morgan fingerprint density at radius 3 is 2.87 bits per heavy atom. The van der Waals surface area contributed by atoms with E-state index < -0.39 is 0 Å². The Hall–Kier alpha value is -2.37. The van der Waals surface area contributed by atoms with Crippen molar-refractivity contribution >= 4 is 10.9 Å². The molecule has 2 unspecified atom stereocenters. The molecule has 1 aliphatic carbocycles. The smallest absolute Gasteiger partial charge is 0.250 e. The van der Waals surface area contributed by atoms with Crippen molar-refractivity contribution in [2.75, 3.05) is 19.6 Å². The van der Waals surface area contributed by atoms with Crippen molar-refractivity contribution in [1.29, 1.82) is 0 Å². The second-order valence-corrected chi connectivity index (χ2v) is 9.97. The Labute approximate surface area is 182 Å². The van der Waals surface area contributed by atoms with E-state index in [9.17, 15) is 9.90 Å². The number of benzene rings is 1. The zero-order valence-corrected chi connectivity index (χ0v) is 18.1. The van der Waals surface area contributed by atoms with Gasteiger partial charge < -0.3 is 19.1 Å². The van der Waals surface area contributed by atoms with Crippen molar-refractivity contribution in [2.24, 2.45) is 5.92 Å². The first-order valence-corrected chi connectivity index (χ1v) is 12.0. The van der Waals surface area contributed by atoms with Crippen molar-refractivity contribution in [3.05, 3.63) is 69.8 Å². The van der Waals surface area contributed by atoms with Crippen LogP contribution in [0.3, 0.4) is 0 Å². The van der Waals surface area contributed by atoms with E-state index in [4.69, 9.17) is 0 Å². The summed E-state index contributed by atoms with van der Waals surface area (Å²) in [6.07, 6.45) is 5.64. The van der Waals surface area contributed by atoms with Gasteiger partial charge >= 0.3 is 0 Å². The average Bonchev–Trinajstić information content (AvgIpc) is 3.08. The molecule has 5 nitrogen and oxygen atoms in total. The fraction of sp³-hybridized carbons (Fsp3) is 0.500. The number of hydrogen-bond donors (Lipinski definition) is 2. The van der Waals surface area contributed by atoms with Crippen LogP contribution in [0.4, 0.5) is 0 Å². The maximum Gasteiger partial charge on any atom is 0.250 e. The molecule has 3 aromatic rings. The number of fused-ring (bicyclic) bond motifs is 7. The van der Waals surface area contributed by atoms with Gasteiger partial charge in [0.2, 0.25) is 0 Å². The minimum atomic E-state index is -0.353. The molecule has 2 aromatic heterocycles. The molecule has 0 saturated carbocycles. The molecule has 1 saturated heterocycles. The van der Waals surface area contributed by atoms with Gasteiger partial charge in [-0.15, -0.1) is 0 Å². The van der Waals surface area contributed by atoms with Gasteiger partial charge in [0.25, 0.3) is 5.56 Å². The van der Waals surface area contributed by atoms with E-state index in [-0.39, 0.29) is 11.7 Å². The van der Waals surface area contributed by atoms with Crippen LogP contribution in [0.2, 0.25) is 0 Å². The van der Waals surface area contributed by atoms with Gasteiger partial charge in [-0.2, -0.15) is 0 Å². The number of nitrogens with zero attached hydrogens (tertiary/aromatic N) is 2. The summed E-state index contributed by atoms with van der Waals surface area (Å²) in [6, 6.07) is 14.4. The predicted molar refractivity (Wildman–Crippen MR) is 122 cm³/mol. The van der Waals surface area contributed by atoms with Crippen LogP contribution in [0.1, 0.15) is 42.1 Å². The highest BCUT2D eigenvalue weighted by Crippen LogP contribution is 2.33. The fourth-order valence-corrected chi connectivity index (χ4v) is 6.69.